The van der Waals surface area contributed by atoms with Gasteiger partial charge in [0, 0.05) is 38.9 Å². The molecule has 0 amide bonds. The highest BCUT2D eigenvalue weighted by Crippen LogP contribution is 2.23. The fourth-order valence-electron chi connectivity index (χ4n) is 3.39. The Hall–Kier alpha value is -2.61. The van der Waals surface area contributed by atoms with Crippen LogP contribution in [0.15, 0.2) is 58.4 Å². The third kappa shape index (κ3) is 4.87. The number of hydrogen-bond acceptors (Lipinski definition) is 4. The van der Waals surface area contributed by atoms with Gasteiger partial charge in [-0.15, -0.1) is 0 Å². The second-order valence-electron chi connectivity index (χ2n) is 7.88. The van der Waals surface area contributed by atoms with Crippen molar-refractivity contribution in [1.82, 2.24) is 14.8 Å². The van der Waals surface area contributed by atoms with Crippen molar-refractivity contribution in [3.05, 3.63) is 70.1 Å². The maximum Gasteiger partial charge on any atom is 0.250 e. The molecule has 7 nitrogen and oxygen atoms in total. The van der Waals surface area contributed by atoms with E-state index in [1.54, 1.807) is 43.8 Å². The topological polar surface area (TPSA) is 83.8 Å². The molecule has 29 heavy (non-hydrogen) atoms. The van der Waals surface area contributed by atoms with E-state index in [0.29, 0.717) is 32.1 Å². The Morgan fingerprint density at radius 2 is 1.83 bits per heavy atom. The molecule has 8 heteroatoms. The lowest BCUT2D eigenvalue weighted by molar-refractivity contribution is 0.353. The molecule has 156 valence electrons. The zero-order chi connectivity index (χ0) is 21.1. The first-order valence-electron chi connectivity index (χ1n) is 9.63. The summed E-state index contributed by atoms with van der Waals surface area (Å²) in [5, 5.41) is 3.32. The number of pyridine rings is 1. The number of nitrogens with one attached hydrogen (secondary N) is 1. The molecular weight excluding hydrogens is 388 g/mol. The molecule has 0 aliphatic carbocycles. The van der Waals surface area contributed by atoms with Crippen LogP contribution in [0.1, 0.15) is 25.0 Å². The van der Waals surface area contributed by atoms with Gasteiger partial charge >= 0.3 is 0 Å². The first kappa shape index (κ1) is 21.1. The third-order valence-corrected chi connectivity index (χ3v) is 7.81. The van der Waals surface area contributed by atoms with Gasteiger partial charge in [0.25, 0.3) is 5.56 Å². The van der Waals surface area contributed by atoms with E-state index in [9.17, 15) is 13.2 Å². The van der Waals surface area contributed by atoms with Gasteiger partial charge in [0.15, 0.2) is 15.8 Å². The lowest BCUT2D eigenvalue weighted by Crippen LogP contribution is -2.57. The van der Waals surface area contributed by atoms with Gasteiger partial charge in [-0.1, -0.05) is 30.3 Å². The lowest BCUT2D eigenvalue weighted by Gasteiger charge is -2.39. The SMILES string of the molecule is CN=C(NCc1ccc(Cn2ccccc2=O)cc1)N1CCS(=O)(=O)C(C)(C)C1. The van der Waals surface area contributed by atoms with E-state index in [4.69, 9.17) is 0 Å². The molecule has 1 aromatic heterocycles. The number of benzene rings is 1. The summed E-state index contributed by atoms with van der Waals surface area (Å²) in [4.78, 5) is 18.2. The molecule has 0 unspecified atom stereocenters. The molecule has 1 N–H and O–H groups in total. The number of aromatic nitrogens is 1. The fraction of sp³-hybridized carbons (Fsp3) is 0.429. The average molecular weight is 417 g/mol. The van der Waals surface area contributed by atoms with E-state index in [1.165, 1.54) is 0 Å². The Balaban J connectivity index is 1.60. The molecule has 1 saturated heterocycles. The molecule has 1 fully saturated rings. The zero-order valence-electron chi connectivity index (χ0n) is 17.1. The lowest BCUT2D eigenvalue weighted by atomic mass is 10.1. The van der Waals surface area contributed by atoms with Crippen molar-refractivity contribution >= 4 is 15.8 Å². The Morgan fingerprint density at radius 1 is 1.14 bits per heavy atom. The van der Waals surface area contributed by atoms with E-state index >= 15 is 0 Å². The van der Waals surface area contributed by atoms with E-state index in [-0.39, 0.29) is 11.3 Å². The average Bonchev–Trinajstić information content (AvgIpc) is 2.68. The van der Waals surface area contributed by atoms with Crippen molar-refractivity contribution in [2.45, 2.75) is 31.7 Å². The van der Waals surface area contributed by atoms with Crippen LogP contribution in [0.3, 0.4) is 0 Å². The van der Waals surface area contributed by atoms with Crippen LogP contribution < -0.4 is 10.9 Å². The van der Waals surface area contributed by atoms with Gasteiger partial charge in [-0.05, 0) is 31.0 Å². The summed E-state index contributed by atoms with van der Waals surface area (Å²) in [6.45, 7) is 5.50. The zero-order valence-corrected chi connectivity index (χ0v) is 17.9. The smallest absolute Gasteiger partial charge is 0.250 e. The van der Waals surface area contributed by atoms with Gasteiger partial charge in [-0.25, -0.2) is 8.42 Å². The van der Waals surface area contributed by atoms with Crippen LogP contribution in [0.5, 0.6) is 0 Å². The second kappa shape index (κ2) is 8.41. The minimum Gasteiger partial charge on any atom is -0.352 e. The van der Waals surface area contributed by atoms with Crippen LogP contribution in [-0.4, -0.2) is 54.5 Å². The number of rotatable bonds is 4. The number of hydrogen-bond donors (Lipinski definition) is 1. The standard InChI is InChI=1S/C21H28N4O3S/c1-21(2)16-25(12-13-29(21,27)28)20(22-3)23-14-17-7-9-18(10-8-17)15-24-11-5-4-6-19(24)26/h4-11H,12-16H2,1-3H3,(H,22,23). The Morgan fingerprint density at radius 3 is 2.45 bits per heavy atom. The van der Waals surface area contributed by atoms with Gasteiger partial charge in [0.1, 0.15) is 0 Å². The van der Waals surface area contributed by atoms with Crippen LogP contribution in [0.25, 0.3) is 0 Å². The maximum absolute atomic E-state index is 12.2. The molecule has 0 radical (unpaired) electrons. The third-order valence-electron chi connectivity index (χ3n) is 5.28. The molecule has 0 bridgehead atoms. The summed E-state index contributed by atoms with van der Waals surface area (Å²) >= 11 is 0. The monoisotopic (exact) mass is 416 g/mol. The minimum absolute atomic E-state index is 0.0199. The summed E-state index contributed by atoms with van der Waals surface area (Å²) in [6, 6.07) is 13.2. The summed E-state index contributed by atoms with van der Waals surface area (Å²) in [6.07, 6.45) is 1.78. The van der Waals surface area contributed by atoms with E-state index < -0.39 is 14.6 Å². The molecule has 0 atom stereocenters. The largest absolute Gasteiger partial charge is 0.352 e. The van der Waals surface area contributed by atoms with Crippen molar-refractivity contribution in [2.75, 3.05) is 25.9 Å². The predicted octanol–water partition coefficient (Wildman–Crippen LogP) is 1.48. The highest BCUT2D eigenvalue weighted by Gasteiger charge is 2.40. The number of nitrogens with zero attached hydrogens (tertiary/aromatic N) is 3. The second-order valence-corrected chi connectivity index (χ2v) is 10.6. The van der Waals surface area contributed by atoms with Crippen LogP contribution in [-0.2, 0) is 22.9 Å². The summed E-state index contributed by atoms with van der Waals surface area (Å²) in [5.41, 5.74) is 2.11. The van der Waals surface area contributed by atoms with Gasteiger partial charge in [-0.3, -0.25) is 9.79 Å². The van der Waals surface area contributed by atoms with Gasteiger partial charge < -0.3 is 14.8 Å². The maximum atomic E-state index is 12.2. The Kier molecular flexibility index (Phi) is 6.12. The van der Waals surface area contributed by atoms with E-state index in [1.807, 2.05) is 35.2 Å². The van der Waals surface area contributed by atoms with Crippen molar-refractivity contribution in [1.29, 1.82) is 0 Å². The quantitative estimate of drug-likeness (QED) is 0.603. The van der Waals surface area contributed by atoms with Crippen LogP contribution in [0.4, 0.5) is 0 Å². The highest BCUT2D eigenvalue weighted by molar-refractivity contribution is 7.92. The molecule has 1 aliphatic heterocycles. The predicted molar refractivity (Wildman–Crippen MR) is 116 cm³/mol. The van der Waals surface area contributed by atoms with Gasteiger partial charge in [0.05, 0.1) is 17.0 Å². The molecule has 1 aliphatic rings. The number of guanidine groups is 1. The van der Waals surface area contributed by atoms with E-state index in [2.05, 4.69) is 10.3 Å². The molecule has 3 rings (SSSR count). The van der Waals surface area contributed by atoms with E-state index in [0.717, 1.165) is 11.1 Å². The van der Waals surface area contributed by atoms with Crippen LogP contribution in [0.2, 0.25) is 0 Å². The van der Waals surface area contributed by atoms with Crippen molar-refractivity contribution in [3.8, 4) is 0 Å². The van der Waals surface area contributed by atoms with Gasteiger partial charge in [-0.2, -0.15) is 0 Å². The number of sulfone groups is 1. The van der Waals surface area contributed by atoms with Crippen LogP contribution >= 0.6 is 0 Å². The summed E-state index contributed by atoms with van der Waals surface area (Å²) < 4.78 is 25.3. The minimum atomic E-state index is -3.09. The summed E-state index contributed by atoms with van der Waals surface area (Å²) in [7, 11) is -1.38. The fourth-order valence-corrected chi connectivity index (χ4v) is 4.75. The molecule has 0 saturated carbocycles. The van der Waals surface area contributed by atoms with Crippen molar-refractivity contribution in [2.24, 2.45) is 4.99 Å². The molecule has 0 spiro atoms. The first-order chi connectivity index (χ1) is 13.7. The Bertz CT molecular complexity index is 1040. The molecule has 2 aromatic rings. The molecule has 2 heterocycles. The number of aliphatic imine (C=N–C) groups is 1. The highest BCUT2D eigenvalue weighted by atomic mass is 32.2. The molecular formula is C21H28N4O3S. The first-order valence-corrected chi connectivity index (χ1v) is 11.3. The normalized spacial score (nSPS) is 18.4. The summed E-state index contributed by atoms with van der Waals surface area (Å²) in [5.74, 6) is 0.835. The van der Waals surface area contributed by atoms with Crippen molar-refractivity contribution in [3.63, 3.8) is 0 Å². The molecule has 1 aromatic carbocycles. The Labute approximate surface area is 172 Å². The van der Waals surface area contributed by atoms with Crippen LogP contribution in [0, 0.1) is 0 Å². The van der Waals surface area contributed by atoms with Gasteiger partial charge in [0.2, 0.25) is 0 Å². The van der Waals surface area contributed by atoms with Crippen molar-refractivity contribution < 1.29 is 8.42 Å².